The molecule has 1 aromatic heterocycles. The van der Waals surface area contributed by atoms with Gasteiger partial charge in [-0.3, -0.25) is 9.58 Å². The molecule has 1 fully saturated rings. The van der Waals surface area contributed by atoms with E-state index in [0.717, 1.165) is 12.5 Å². The van der Waals surface area contributed by atoms with E-state index in [2.05, 4.69) is 36.1 Å². The standard InChI is InChI=1S/C14H26N4/c1-10-14(11(2)17(5)16-10)12(3)18-7-6-13(9-18)8-15-4/h12-13,15H,6-9H2,1-5H3. The lowest BCUT2D eigenvalue weighted by molar-refractivity contribution is 0.250. The van der Waals surface area contributed by atoms with Gasteiger partial charge in [0, 0.05) is 30.9 Å². The molecule has 1 N–H and O–H groups in total. The number of hydrogen-bond donors (Lipinski definition) is 1. The van der Waals surface area contributed by atoms with Crippen LogP contribution in [-0.2, 0) is 7.05 Å². The van der Waals surface area contributed by atoms with Crippen LogP contribution in [0.25, 0.3) is 0 Å². The fourth-order valence-electron chi connectivity index (χ4n) is 3.25. The summed E-state index contributed by atoms with van der Waals surface area (Å²) in [5.41, 5.74) is 3.90. The highest BCUT2D eigenvalue weighted by Gasteiger charge is 2.28. The molecule has 2 unspecified atom stereocenters. The van der Waals surface area contributed by atoms with Crippen molar-refractivity contribution >= 4 is 0 Å². The van der Waals surface area contributed by atoms with Crippen LogP contribution in [0, 0.1) is 19.8 Å². The zero-order valence-electron chi connectivity index (χ0n) is 12.3. The summed E-state index contributed by atoms with van der Waals surface area (Å²) in [7, 11) is 4.08. The van der Waals surface area contributed by atoms with Gasteiger partial charge in [0.05, 0.1) is 5.69 Å². The van der Waals surface area contributed by atoms with E-state index in [0.29, 0.717) is 6.04 Å². The largest absolute Gasteiger partial charge is 0.319 e. The average molecular weight is 250 g/mol. The van der Waals surface area contributed by atoms with Gasteiger partial charge in [0.1, 0.15) is 0 Å². The van der Waals surface area contributed by atoms with Crippen LogP contribution in [0.2, 0.25) is 0 Å². The minimum Gasteiger partial charge on any atom is -0.319 e. The lowest BCUT2D eigenvalue weighted by Gasteiger charge is -2.25. The molecule has 0 saturated carbocycles. The molecule has 4 nitrogen and oxygen atoms in total. The molecule has 1 aromatic rings. The SMILES string of the molecule is CNCC1CCN(C(C)c2c(C)nn(C)c2C)C1. The van der Waals surface area contributed by atoms with Gasteiger partial charge in [0.15, 0.2) is 0 Å². The fraction of sp³-hybridized carbons (Fsp3) is 0.786. The van der Waals surface area contributed by atoms with Crippen LogP contribution in [0.15, 0.2) is 0 Å². The highest BCUT2D eigenvalue weighted by atomic mass is 15.3. The highest BCUT2D eigenvalue weighted by Crippen LogP contribution is 2.30. The molecular formula is C14H26N4. The Kier molecular flexibility index (Phi) is 4.07. The molecule has 2 heterocycles. The summed E-state index contributed by atoms with van der Waals surface area (Å²) >= 11 is 0. The second-order valence-corrected chi connectivity index (χ2v) is 5.59. The molecule has 0 amide bonds. The van der Waals surface area contributed by atoms with Gasteiger partial charge in [-0.05, 0) is 53.2 Å². The summed E-state index contributed by atoms with van der Waals surface area (Å²) in [6.07, 6.45) is 1.31. The summed E-state index contributed by atoms with van der Waals surface area (Å²) in [6.45, 7) is 10.2. The molecule has 0 aliphatic carbocycles. The van der Waals surface area contributed by atoms with Gasteiger partial charge in [-0.15, -0.1) is 0 Å². The molecular weight excluding hydrogens is 224 g/mol. The Balaban J connectivity index is 2.10. The lowest BCUT2D eigenvalue weighted by atomic mass is 10.1. The molecule has 2 rings (SSSR count). The molecule has 2 atom stereocenters. The van der Waals surface area contributed by atoms with Crippen molar-refractivity contribution in [3.8, 4) is 0 Å². The summed E-state index contributed by atoms with van der Waals surface area (Å²) in [4.78, 5) is 2.60. The second-order valence-electron chi connectivity index (χ2n) is 5.59. The third-order valence-electron chi connectivity index (χ3n) is 4.34. The van der Waals surface area contributed by atoms with Crippen molar-refractivity contribution < 1.29 is 0 Å². The maximum atomic E-state index is 4.54. The molecule has 0 radical (unpaired) electrons. The van der Waals surface area contributed by atoms with Crippen LogP contribution in [0.1, 0.15) is 36.3 Å². The van der Waals surface area contributed by atoms with Crippen molar-refractivity contribution in [1.29, 1.82) is 0 Å². The number of aromatic nitrogens is 2. The van der Waals surface area contributed by atoms with Crippen LogP contribution >= 0.6 is 0 Å². The molecule has 0 spiro atoms. The first-order chi connectivity index (χ1) is 8.54. The van der Waals surface area contributed by atoms with E-state index in [4.69, 9.17) is 0 Å². The topological polar surface area (TPSA) is 33.1 Å². The van der Waals surface area contributed by atoms with Crippen molar-refractivity contribution in [2.45, 2.75) is 33.2 Å². The first-order valence-corrected chi connectivity index (χ1v) is 6.93. The van der Waals surface area contributed by atoms with Crippen LogP contribution in [0.5, 0.6) is 0 Å². The van der Waals surface area contributed by atoms with Crippen molar-refractivity contribution in [2.24, 2.45) is 13.0 Å². The van der Waals surface area contributed by atoms with Gasteiger partial charge in [0.25, 0.3) is 0 Å². The Hall–Kier alpha value is -0.870. The van der Waals surface area contributed by atoms with E-state index >= 15 is 0 Å². The third-order valence-corrected chi connectivity index (χ3v) is 4.34. The highest BCUT2D eigenvalue weighted by molar-refractivity contribution is 5.27. The molecule has 0 bridgehead atoms. The van der Waals surface area contributed by atoms with E-state index in [-0.39, 0.29) is 0 Å². The van der Waals surface area contributed by atoms with Gasteiger partial charge < -0.3 is 5.32 Å². The van der Waals surface area contributed by atoms with Crippen molar-refractivity contribution in [2.75, 3.05) is 26.7 Å². The lowest BCUT2D eigenvalue weighted by Crippen LogP contribution is -2.27. The minimum absolute atomic E-state index is 0.487. The van der Waals surface area contributed by atoms with Crippen molar-refractivity contribution in [3.05, 3.63) is 17.0 Å². The Morgan fingerprint density at radius 2 is 2.17 bits per heavy atom. The van der Waals surface area contributed by atoms with E-state index < -0.39 is 0 Å². The number of nitrogens with zero attached hydrogens (tertiary/aromatic N) is 3. The van der Waals surface area contributed by atoms with E-state index in [1.807, 2.05) is 18.8 Å². The predicted molar refractivity (Wildman–Crippen MR) is 74.7 cm³/mol. The summed E-state index contributed by atoms with van der Waals surface area (Å²) < 4.78 is 2.00. The number of rotatable bonds is 4. The Morgan fingerprint density at radius 1 is 1.44 bits per heavy atom. The zero-order chi connectivity index (χ0) is 13.3. The van der Waals surface area contributed by atoms with Crippen LogP contribution in [0.4, 0.5) is 0 Å². The van der Waals surface area contributed by atoms with E-state index in [1.54, 1.807) is 0 Å². The normalized spacial score (nSPS) is 22.6. The smallest absolute Gasteiger partial charge is 0.0644 e. The first-order valence-electron chi connectivity index (χ1n) is 6.93. The van der Waals surface area contributed by atoms with Gasteiger partial charge in [-0.1, -0.05) is 0 Å². The Morgan fingerprint density at radius 3 is 2.72 bits per heavy atom. The maximum Gasteiger partial charge on any atom is 0.0644 e. The molecule has 4 heteroatoms. The summed E-state index contributed by atoms with van der Waals surface area (Å²) in [5.74, 6) is 0.801. The van der Waals surface area contributed by atoms with Gasteiger partial charge >= 0.3 is 0 Å². The molecule has 18 heavy (non-hydrogen) atoms. The number of aryl methyl sites for hydroxylation is 2. The molecule has 0 aromatic carbocycles. The van der Waals surface area contributed by atoms with Gasteiger partial charge in [0.2, 0.25) is 0 Å². The summed E-state index contributed by atoms with van der Waals surface area (Å²) in [6, 6.07) is 0.487. The predicted octanol–water partition coefficient (Wildman–Crippen LogP) is 1.64. The molecule has 102 valence electrons. The van der Waals surface area contributed by atoms with E-state index in [9.17, 15) is 0 Å². The molecule has 1 aliphatic rings. The average Bonchev–Trinajstić information content (AvgIpc) is 2.86. The quantitative estimate of drug-likeness (QED) is 0.882. The Labute approximate surface area is 110 Å². The second kappa shape index (κ2) is 5.41. The number of likely N-dealkylation sites (tertiary alicyclic amines) is 1. The maximum absolute atomic E-state index is 4.54. The Bertz CT molecular complexity index is 410. The van der Waals surface area contributed by atoms with E-state index in [1.165, 1.54) is 36.5 Å². The number of hydrogen-bond acceptors (Lipinski definition) is 3. The first kappa shape index (κ1) is 13.6. The third kappa shape index (κ3) is 2.45. The van der Waals surface area contributed by atoms with Gasteiger partial charge in [-0.25, -0.2) is 0 Å². The van der Waals surface area contributed by atoms with Crippen molar-refractivity contribution in [3.63, 3.8) is 0 Å². The minimum atomic E-state index is 0.487. The monoisotopic (exact) mass is 250 g/mol. The number of nitrogens with one attached hydrogen (secondary N) is 1. The van der Waals surface area contributed by atoms with Crippen LogP contribution < -0.4 is 5.32 Å². The van der Waals surface area contributed by atoms with Crippen LogP contribution in [0.3, 0.4) is 0 Å². The summed E-state index contributed by atoms with van der Waals surface area (Å²) in [5, 5.41) is 7.83. The zero-order valence-corrected chi connectivity index (χ0v) is 12.3. The van der Waals surface area contributed by atoms with Crippen LogP contribution in [-0.4, -0.2) is 41.4 Å². The molecule has 1 saturated heterocycles. The molecule has 1 aliphatic heterocycles. The van der Waals surface area contributed by atoms with Crippen molar-refractivity contribution in [1.82, 2.24) is 20.0 Å². The van der Waals surface area contributed by atoms with Gasteiger partial charge in [-0.2, -0.15) is 5.10 Å². The fourth-order valence-corrected chi connectivity index (χ4v) is 3.25.